The number of ether oxygens (including phenoxy) is 2. The highest BCUT2D eigenvalue weighted by Crippen LogP contribution is 2.43. The Morgan fingerprint density at radius 1 is 0.717 bits per heavy atom. The van der Waals surface area contributed by atoms with Gasteiger partial charge in [-0.3, -0.25) is 29.1 Å². The minimum absolute atomic E-state index is 0.0520. The largest absolute Gasteiger partial charge is 0.466 e. The van der Waals surface area contributed by atoms with Gasteiger partial charge in [-0.25, -0.2) is 0 Å². The van der Waals surface area contributed by atoms with Gasteiger partial charge in [0.05, 0.1) is 19.1 Å². The first-order chi connectivity index (χ1) is 28.8. The standard InChI is InChI=1S/C50H62N4O6/c1-9-59-49(57)38(29(3)4)22-21-36-26-52-45(25-41(36)33-17-18-33)48(56)54-43-16-12-15-40(32(43)8)39-14-11-13-35(31(39)7)23-46(55)44-24-42(34-19-20-34)37(27-51-44)28-53-47(30(5)6)50(58)60-10-2/h11-16,24-27,29-30,33-34,38,47,53H,9-10,17-23,28H2,1-8H3,(H,54,56)/t38-,47-/m0/s1. The van der Waals surface area contributed by atoms with Crippen LogP contribution >= 0.6 is 0 Å². The molecule has 2 heterocycles. The quantitative estimate of drug-likeness (QED) is 0.0660. The highest BCUT2D eigenvalue weighted by atomic mass is 16.5. The van der Waals surface area contributed by atoms with Crippen LogP contribution in [0.2, 0.25) is 0 Å². The van der Waals surface area contributed by atoms with E-state index in [-0.39, 0.29) is 47.8 Å². The third kappa shape index (κ3) is 10.7. The number of aryl methyl sites for hydroxylation is 1. The first kappa shape index (κ1) is 44.3. The van der Waals surface area contributed by atoms with E-state index >= 15 is 0 Å². The Labute approximate surface area is 355 Å². The SMILES string of the molecule is CCOC(=O)[C@@H](CCc1cnc(C(=O)Nc2cccc(-c3cccc(CC(=O)c4cc(C5CC5)c(CN[C@H](C(=O)OCC)C(C)C)cn4)c3C)c2C)cc1C1CC1)C(C)C. The number of Topliss-reactive ketones (excluding diaryl/α,β-unsaturated/α-hetero) is 1. The van der Waals surface area contributed by atoms with Crippen LogP contribution in [0, 0.1) is 31.6 Å². The maximum Gasteiger partial charge on any atom is 0.323 e. The lowest BCUT2D eigenvalue weighted by Crippen LogP contribution is -2.41. The number of hydrogen-bond acceptors (Lipinski definition) is 9. The number of amides is 1. The van der Waals surface area contributed by atoms with E-state index in [2.05, 4.69) is 26.7 Å². The normalized spacial score (nSPS) is 14.8. The van der Waals surface area contributed by atoms with Gasteiger partial charge in [-0.2, -0.15) is 0 Å². The number of anilines is 1. The molecule has 0 radical (unpaired) electrons. The lowest BCUT2D eigenvalue weighted by molar-refractivity contribution is -0.150. The van der Waals surface area contributed by atoms with Gasteiger partial charge in [-0.05, 0) is 158 Å². The Morgan fingerprint density at radius 2 is 1.30 bits per heavy atom. The van der Waals surface area contributed by atoms with Crippen LogP contribution in [0.5, 0.6) is 0 Å². The monoisotopic (exact) mass is 814 g/mol. The average Bonchev–Trinajstić information content (AvgIpc) is 4.15. The molecule has 0 unspecified atom stereocenters. The number of ketones is 1. The molecule has 2 N–H and O–H groups in total. The van der Waals surface area contributed by atoms with Gasteiger partial charge in [0.25, 0.3) is 5.91 Å². The molecule has 4 aromatic rings. The second-order valence-corrected chi connectivity index (χ2v) is 17.2. The molecular weight excluding hydrogens is 753 g/mol. The molecular formula is C50H62N4O6. The van der Waals surface area contributed by atoms with Crippen LogP contribution in [-0.4, -0.2) is 52.9 Å². The van der Waals surface area contributed by atoms with E-state index in [9.17, 15) is 19.2 Å². The van der Waals surface area contributed by atoms with Crippen molar-refractivity contribution in [1.82, 2.24) is 15.3 Å². The van der Waals surface area contributed by atoms with Crippen molar-refractivity contribution in [3.05, 3.63) is 111 Å². The van der Waals surface area contributed by atoms with Crippen LogP contribution < -0.4 is 10.6 Å². The molecule has 0 saturated heterocycles. The van der Waals surface area contributed by atoms with E-state index in [1.54, 1.807) is 6.20 Å². The number of carbonyl (C=O) groups is 4. The maximum absolute atomic E-state index is 13.8. The van der Waals surface area contributed by atoms with Crippen LogP contribution in [0.4, 0.5) is 5.69 Å². The third-order valence-electron chi connectivity index (χ3n) is 12.1. The molecule has 0 spiro atoms. The van der Waals surface area contributed by atoms with Crippen molar-refractivity contribution in [2.24, 2.45) is 17.8 Å². The van der Waals surface area contributed by atoms with Crippen molar-refractivity contribution in [2.75, 3.05) is 18.5 Å². The predicted octanol–water partition coefficient (Wildman–Crippen LogP) is 9.64. The summed E-state index contributed by atoms with van der Waals surface area (Å²) in [7, 11) is 0. The molecule has 2 atom stereocenters. The van der Waals surface area contributed by atoms with Gasteiger partial charge < -0.3 is 20.1 Å². The van der Waals surface area contributed by atoms with Crippen molar-refractivity contribution in [3.63, 3.8) is 0 Å². The summed E-state index contributed by atoms with van der Waals surface area (Å²) in [6.07, 6.45) is 9.48. The van der Waals surface area contributed by atoms with Crippen molar-refractivity contribution in [3.8, 4) is 11.1 Å². The van der Waals surface area contributed by atoms with E-state index in [1.165, 1.54) is 0 Å². The molecule has 60 heavy (non-hydrogen) atoms. The first-order valence-electron chi connectivity index (χ1n) is 21.9. The summed E-state index contributed by atoms with van der Waals surface area (Å²) in [6.45, 7) is 16.9. The average molecular weight is 815 g/mol. The van der Waals surface area contributed by atoms with Gasteiger partial charge in [0.2, 0.25) is 0 Å². The zero-order valence-electron chi connectivity index (χ0n) is 36.7. The minimum Gasteiger partial charge on any atom is -0.466 e. The summed E-state index contributed by atoms with van der Waals surface area (Å²) < 4.78 is 10.6. The van der Waals surface area contributed by atoms with Gasteiger partial charge in [-0.1, -0.05) is 58.0 Å². The van der Waals surface area contributed by atoms with Crippen molar-refractivity contribution in [1.29, 1.82) is 0 Å². The molecule has 318 valence electrons. The number of hydrogen-bond donors (Lipinski definition) is 2. The molecule has 2 fully saturated rings. The van der Waals surface area contributed by atoms with E-state index < -0.39 is 6.04 Å². The second-order valence-electron chi connectivity index (χ2n) is 17.2. The number of carbonyl (C=O) groups excluding carboxylic acids is 4. The van der Waals surface area contributed by atoms with E-state index in [4.69, 9.17) is 9.47 Å². The lowest BCUT2D eigenvalue weighted by Gasteiger charge is -2.21. The highest BCUT2D eigenvalue weighted by Gasteiger charge is 2.31. The van der Waals surface area contributed by atoms with Gasteiger partial charge in [0, 0.05) is 31.0 Å². The Hall–Kier alpha value is -5.22. The number of aromatic nitrogens is 2. The Kier molecular flexibility index (Phi) is 14.7. The minimum atomic E-state index is -0.427. The highest BCUT2D eigenvalue weighted by molar-refractivity contribution is 6.04. The van der Waals surface area contributed by atoms with Gasteiger partial charge in [-0.15, -0.1) is 0 Å². The molecule has 0 aliphatic heterocycles. The number of nitrogens with zero attached hydrogens (tertiary/aromatic N) is 2. The molecule has 10 heteroatoms. The number of nitrogens with one attached hydrogen (secondary N) is 2. The zero-order chi connectivity index (χ0) is 43.1. The summed E-state index contributed by atoms with van der Waals surface area (Å²) in [6, 6.07) is 15.4. The predicted molar refractivity (Wildman–Crippen MR) is 235 cm³/mol. The Balaban J connectivity index is 1.15. The molecule has 2 aromatic carbocycles. The first-order valence-corrected chi connectivity index (χ1v) is 21.9. The van der Waals surface area contributed by atoms with Crippen molar-refractivity contribution >= 4 is 29.3 Å². The fourth-order valence-corrected chi connectivity index (χ4v) is 8.19. The molecule has 1 amide bonds. The molecule has 0 bridgehead atoms. The van der Waals surface area contributed by atoms with Crippen LogP contribution in [0.15, 0.2) is 60.9 Å². The second kappa shape index (κ2) is 19.9. The Bertz CT molecular complexity index is 2050. The number of rotatable bonds is 20. The molecule has 2 aromatic heterocycles. The van der Waals surface area contributed by atoms with E-state index in [0.29, 0.717) is 61.5 Å². The van der Waals surface area contributed by atoms with Gasteiger partial charge in [0.1, 0.15) is 17.4 Å². The van der Waals surface area contributed by atoms with Crippen molar-refractivity contribution in [2.45, 2.75) is 125 Å². The summed E-state index contributed by atoms with van der Waals surface area (Å²) >= 11 is 0. The fraction of sp³-hybridized carbons (Fsp3) is 0.480. The smallest absolute Gasteiger partial charge is 0.323 e. The van der Waals surface area contributed by atoms with E-state index in [1.807, 2.05) is 104 Å². The molecule has 6 rings (SSSR count). The van der Waals surface area contributed by atoms with Gasteiger partial charge in [0.15, 0.2) is 5.78 Å². The molecule has 2 aliphatic rings. The molecule has 2 aliphatic carbocycles. The third-order valence-corrected chi connectivity index (χ3v) is 12.1. The summed E-state index contributed by atoms with van der Waals surface area (Å²) in [5.74, 6) is 0.0962. The maximum atomic E-state index is 13.8. The summed E-state index contributed by atoms with van der Waals surface area (Å²) in [5.41, 5.74) is 10.6. The topological polar surface area (TPSA) is 137 Å². The van der Waals surface area contributed by atoms with Crippen LogP contribution in [-0.2, 0) is 38.4 Å². The number of pyridine rings is 2. The summed E-state index contributed by atoms with van der Waals surface area (Å²) in [4.78, 5) is 62.0. The molecule has 2 saturated carbocycles. The lowest BCUT2D eigenvalue weighted by atomic mass is 9.88. The van der Waals surface area contributed by atoms with E-state index in [0.717, 1.165) is 75.8 Å². The van der Waals surface area contributed by atoms with Crippen LogP contribution in [0.3, 0.4) is 0 Å². The van der Waals surface area contributed by atoms with Gasteiger partial charge >= 0.3 is 11.9 Å². The van der Waals surface area contributed by atoms with Crippen LogP contribution in [0.25, 0.3) is 11.1 Å². The number of esters is 2. The Morgan fingerprint density at radius 3 is 1.93 bits per heavy atom. The summed E-state index contributed by atoms with van der Waals surface area (Å²) in [5, 5.41) is 6.50. The molecule has 10 nitrogen and oxygen atoms in total. The van der Waals surface area contributed by atoms with Crippen LogP contribution in [0.1, 0.15) is 145 Å². The number of benzene rings is 2. The fourth-order valence-electron chi connectivity index (χ4n) is 8.19. The zero-order valence-corrected chi connectivity index (χ0v) is 36.7. The van der Waals surface area contributed by atoms with Crippen molar-refractivity contribution < 1.29 is 28.7 Å².